The minimum atomic E-state index is -3.41. The normalized spacial score (nSPS) is 15.1. The molecule has 36 heavy (non-hydrogen) atoms. The molecule has 1 aliphatic rings. The first-order valence-corrected chi connectivity index (χ1v) is 16.5. The average molecular weight is 555 g/mol. The van der Waals surface area contributed by atoms with Crippen LogP contribution in [0.2, 0.25) is 0 Å². The summed E-state index contributed by atoms with van der Waals surface area (Å²) < 4.78 is 49.5. The number of hydrogen-bond donors (Lipinski definition) is 1. The lowest BCUT2D eigenvalue weighted by Gasteiger charge is -2.15. The lowest BCUT2D eigenvalue weighted by atomic mass is 10.1. The highest BCUT2D eigenvalue weighted by atomic mass is 32.2. The molecular weight excluding hydrogens is 523 g/mol. The predicted octanol–water partition coefficient (Wildman–Crippen LogP) is 5.10. The third-order valence-corrected chi connectivity index (χ3v) is 9.98. The number of nitrogens with zero attached hydrogens (tertiary/aromatic N) is 3. The second-order valence-corrected chi connectivity index (χ2v) is 13.8. The van der Waals surface area contributed by atoms with Gasteiger partial charge in [0.25, 0.3) is 5.91 Å². The zero-order valence-electron chi connectivity index (χ0n) is 20.6. The lowest BCUT2D eigenvalue weighted by Crippen LogP contribution is -2.15. The van der Waals surface area contributed by atoms with E-state index >= 15 is 0 Å². The molecule has 0 saturated heterocycles. The van der Waals surface area contributed by atoms with Crippen LogP contribution in [0.4, 0.5) is 5.13 Å². The van der Waals surface area contributed by atoms with Gasteiger partial charge in [-0.2, -0.15) is 5.10 Å². The number of hydrogen-bond acceptors (Lipinski definition) is 9. The van der Waals surface area contributed by atoms with E-state index in [1.54, 1.807) is 36.0 Å². The summed E-state index contributed by atoms with van der Waals surface area (Å²) >= 11 is 1.20. The summed E-state index contributed by atoms with van der Waals surface area (Å²) in [7, 11) is -6.73. The van der Waals surface area contributed by atoms with Crippen LogP contribution in [0, 0.1) is 5.92 Å². The topological polar surface area (TPSA) is 129 Å². The van der Waals surface area contributed by atoms with Crippen molar-refractivity contribution in [2.24, 2.45) is 5.92 Å². The fourth-order valence-electron chi connectivity index (χ4n) is 4.44. The van der Waals surface area contributed by atoms with Gasteiger partial charge in [0.05, 0.1) is 35.5 Å². The Morgan fingerprint density at radius 3 is 2.56 bits per heavy atom. The van der Waals surface area contributed by atoms with Crippen LogP contribution in [0.3, 0.4) is 0 Å². The first kappa shape index (κ1) is 26.9. The number of rotatable bonds is 11. The van der Waals surface area contributed by atoms with Gasteiger partial charge in [-0.25, -0.2) is 13.4 Å². The van der Waals surface area contributed by atoms with Crippen molar-refractivity contribution in [2.45, 2.75) is 57.1 Å². The fourth-order valence-corrected chi connectivity index (χ4v) is 7.51. The number of benzene rings is 1. The van der Waals surface area contributed by atoms with E-state index in [4.69, 9.17) is 9.05 Å². The average Bonchev–Trinajstić information content (AvgIpc) is 3.55. The Morgan fingerprint density at radius 2 is 1.92 bits per heavy atom. The number of fused-ring (bicyclic) bond motifs is 1. The third kappa shape index (κ3) is 6.23. The molecule has 1 fully saturated rings. The van der Waals surface area contributed by atoms with Crippen molar-refractivity contribution in [3.05, 3.63) is 35.0 Å². The maximum atomic E-state index is 13.2. The summed E-state index contributed by atoms with van der Waals surface area (Å²) in [5.74, 6) is -0.00484. The quantitative estimate of drug-likeness (QED) is 0.324. The minimum Gasteiger partial charge on any atom is -0.309 e. The van der Waals surface area contributed by atoms with E-state index in [1.165, 1.54) is 17.4 Å². The highest BCUT2D eigenvalue weighted by Crippen LogP contribution is 2.51. The summed E-state index contributed by atoms with van der Waals surface area (Å²) in [5.41, 5.74) is 1.31. The van der Waals surface area contributed by atoms with Gasteiger partial charge in [0.2, 0.25) is 0 Å². The van der Waals surface area contributed by atoms with Crippen molar-refractivity contribution in [3.8, 4) is 0 Å². The summed E-state index contributed by atoms with van der Waals surface area (Å²) in [4.78, 5) is 17.8. The van der Waals surface area contributed by atoms with E-state index in [1.807, 2.05) is 0 Å². The largest absolute Gasteiger partial charge is 0.336 e. The van der Waals surface area contributed by atoms with Crippen LogP contribution in [0.15, 0.2) is 28.5 Å². The molecule has 10 nitrogen and oxygen atoms in total. The Hall–Kier alpha value is -2.11. The molecule has 1 amide bonds. The summed E-state index contributed by atoms with van der Waals surface area (Å²) in [5, 5.41) is 9.98. The summed E-state index contributed by atoms with van der Waals surface area (Å²) in [6.07, 6.45) is 5.67. The van der Waals surface area contributed by atoms with Gasteiger partial charge in [0, 0.05) is 23.6 Å². The Kier molecular flexibility index (Phi) is 8.31. The fraction of sp³-hybridized carbons (Fsp3) is 0.522. The van der Waals surface area contributed by atoms with Crippen LogP contribution in [0.5, 0.6) is 0 Å². The van der Waals surface area contributed by atoms with Crippen molar-refractivity contribution >= 4 is 50.7 Å². The molecule has 3 aromatic rings. The molecular formula is C23H31N4O6PS2. The molecule has 196 valence electrons. The van der Waals surface area contributed by atoms with Gasteiger partial charge in [-0.1, -0.05) is 12.8 Å². The maximum absolute atomic E-state index is 13.2. The van der Waals surface area contributed by atoms with Crippen LogP contribution in [-0.4, -0.2) is 48.6 Å². The Morgan fingerprint density at radius 1 is 1.22 bits per heavy atom. The van der Waals surface area contributed by atoms with Gasteiger partial charge < -0.3 is 9.05 Å². The minimum absolute atomic E-state index is 0.00820. The first-order chi connectivity index (χ1) is 17.1. The van der Waals surface area contributed by atoms with E-state index in [0.29, 0.717) is 34.2 Å². The van der Waals surface area contributed by atoms with E-state index in [0.717, 1.165) is 31.9 Å². The van der Waals surface area contributed by atoms with Crippen LogP contribution >= 0.6 is 18.9 Å². The number of anilines is 1. The standard InChI is InChI=1S/C23H31N4O6PS2/c1-4-32-34(29,33-5-2)14-17-15-35-23(24-17)25-22(28)21-19-11-10-18(36(3,30)31)12-20(19)27(26-21)13-16-8-6-7-9-16/h10-12,15-16H,4-9,13-14H2,1-3H3,(H,24,25,28). The molecule has 0 aliphatic heterocycles. The van der Waals surface area contributed by atoms with Gasteiger partial charge >= 0.3 is 7.60 Å². The molecule has 0 spiro atoms. The maximum Gasteiger partial charge on any atom is 0.336 e. The SMILES string of the molecule is CCOP(=O)(Cc1csc(NC(=O)c2nn(CC3CCCC3)c3cc(S(C)(=O)=O)ccc23)n1)OCC. The summed E-state index contributed by atoms with van der Waals surface area (Å²) in [6.45, 7) is 4.62. The molecule has 0 bridgehead atoms. The number of thiazole rings is 1. The zero-order valence-corrected chi connectivity index (χ0v) is 23.1. The Bertz CT molecular complexity index is 1380. The van der Waals surface area contributed by atoms with Crippen LogP contribution in [0.1, 0.15) is 55.7 Å². The summed E-state index contributed by atoms with van der Waals surface area (Å²) in [6, 6.07) is 4.72. The molecule has 0 radical (unpaired) electrons. The second-order valence-electron chi connectivity index (χ2n) is 8.84. The molecule has 1 aromatic carbocycles. The number of carbonyl (C=O) groups excluding carboxylic acids is 1. The third-order valence-electron chi connectivity index (χ3n) is 6.05. The smallest absolute Gasteiger partial charge is 0.309 e. The van der Waals surface area contributed by atoms with E-state index in [9.17, 15) is 17.8 Å². The molecule has 0 unspecified atom stereocenters. The van der Waals surface area contributed by atoms with Crippen molar-refractivity contribution in [1.29, 1.82) is 0 Å². The van der Waals surface area contributed by atoms with Crippen molar-refractivity contribution in [1.82, 2.24) is 14.8 Å². The molecule has 1 saturated carbocycles. The predicted molar refractivity (Wildman–Crippen MR) is 139 cm³/mol. The zero-order chi connectivity index (χ0) is 25.9. The number of aromatic nitrogens is 3. The molecule has 4 rings (SSSR count). The lowest BCUT2D eigenvalue weighted by molar-refractivity contribution is 0.102. The van der Waals surface area contributed by atoms with Crippen LogP contribution in [0.25, 0.3) is 10.9 Å². The van der Waals surface area contributed by atoms with Crippen molar-refractivity contribution in [3.63, 3.8) is 0 Å². The van der Waals surface area contributed by atoms with E-state index in [-0.39, 0.29) is 30.0 Å². The Labute approximate surface area is 214 Å². The highest BCUT2D eigenvalue weighted by molar-refractivity contribution is 7.90. The van der Waals surface area contributed by atoms with Gasteiger partial charge in [-0.05, 0) is 50.8 Å². The number of nitrogens with one attached hydrogen (secondary N) is 1. The Balaban J connectivity index is 1.59. The molecule has 2 aromatic heterocycles. The number of carbonyl (C=O) groups is 1. The number of amides is 1. The van der Waals surface area contributed by atoms with Gasteiger partial charge in [0.15, 0.2) is 20.7 Å². The van der Waals surface area contributed by atoms with Crippen LogP contribution < -0.4 is 5.32 Å². The van der Waals surface area contributed by atoms with Crippen molar-refractivity contribution < 1.29 is 26.8 Å². The van der Waals surface area contributed by atoms with Crippen LogP contribution in [-0.2, 0) is 36.2 Å². The van der Waals surface area contributed by atoms with Crippen molar-refractivity contribution in [2.75, 3.05) is 24.8 Å². The first-order valence-electron chi connectivity index (χ1n) is 12.0. The van der Waals surface area contributed by atoms with E-state index in [2.05, 4.69) is 15.4 Å². The van der Waals surface area contributed by atoms with Gasteiger partial charge in [-0.15, -0.1) is 11.3 Å². The number of sulfone groups is 1. The van der Waals surface area contributed by atoms with E-state index < -0.39 is 23.3 Å². The molecule has 1 aliphatic carbocycles. The molecule has 0 atom stereocenters. The molecule has 13 heteroatoms. The molecule has 2 heterocycles. The molecule has 1 N–H and O–H groups in total. The van der Waals surface area contributed by atoms with Gasteiger partial charge in [-0.3, -0.25) is 19.4 Å². The monoisotopic (exact) mass is 554 g/mol. The highest BCUT2D eigenvalue weighted by Gasteiger charge is 2.27. The second kappa shape index (κ2) is 11.1. The van der Waals surface area contributed by atoms with Gasteiger partial charge in [0.1, 0.15) is 0 Å².